The molecule has 2 bridgehead atoms. The topological polar surface area (TPSA) is 80.9 Å². The summed E-state index contributed by atoms with van der Waals surface area (Å²) < 4.78 is 18.5. The second-order valence-corrected chi connectivity index (χ2v) is 9.91. The van der Waals surface area contributed by atoms with Gasteiger partial charge >= 0.3 is 0 Å². The highest BCUT2D eigenvalue weighted by Crippen LogP contribution is 2.69. The van der Waals surface area contributed by atoms with Gasteiger partial charge in [0.1, 0.15) is 5.76 Å². The normalized spacial score (nSPS) is 42.0. The summed E-state index contributed by atoms with van der Waals surface area (Å²) >= 11 is 0. The molecule has 2 N–H and O–H groups in total. The van der Waals surface area contributed by atoms with Gasteiger partial charge in [0, 0.05) is 18.4 Å². The summed E-state index contributed by atoms with van der Waals surface area (Å²) in [6.45, 7) is 5.62. The molecule has 2 saturated carbocycles. The fourth-order valence-electron chi connectivity index (χ4n) is 7.86. The number of amides is 1. The molecule has 0 aromatic carbocycles. The van der Waals surface area contributed by atoms with Crippen LogP contribution >= 0.6 is 0 Å². The maximum atomic E-state index is 13.4. The van der Waals surface area contributed by atoms with E-state index >= 15 is 0 Å². The van der Waals surface area contributed by atoms with E-state index in [1.807, 2.05) is 13.2 Å². The minimum atomic E-state index is -0.467. The van der Waals surface area contributed by atoms with Crippen molar-refractivity contribution in [3.8, 4) is 0 Å². The molecule has 3 fully saturated rings. The van der Waals surface area contributed by atoms with Crippen molar-refractivity contribution in [2.24, 2.45) is 28.6 Å². The van der Waals surface area contributed by atoms with Gasteiger partial charge in [-0.1, -0.05) is 13.3 Å². The lowest BCUT2D eigenvalue weighted by Gasteiger charge is -2.67. The van der Waals surface area contributed by atoms with E-state index in [1.54, 1.807) is 0 Å². The maximum Gasteiger partial charge on any atom is 0.228 e. The number of carbonyl (C=O) groups excluding carboxylic acids is 1. The molecule has 6 heteroatoms. The number of hydrogen-bond donors (Lipinski definition) is 2. The van der Waals surface area contributed by atoms with Crippen molar-refractivity contribution < 1.29 is 23.8 Å². The summed E-state index contributed by atoms with van der Waals surface area (Å²) in [6, 6.07) is 2.14. The average Bonchev–Trinajstić information content (AvgIpc) is 3.22. The van der Waals surface area contributed by atoms with Crippen LogP contribution in [0.2, 0.25) is 0 Å². The van der Waals surface area contributed by atoms with E-state index in [1.165, 1.54) is 5.56 Å². The fraction of sp³-hybridized carbons (Fsp3) is 0.792. The summed E-state index contributed by atoms with van der Waals surface area (Å²) in [4.78, 5) is 13.4. The van der Waals surface area contributed by atoms with E-state index in [2.05, 4.69) is 18.3 Å². The van der Waals surface area contributed by atoms with Crippen LogP contribution in [0, 0.1) is 28.6 Å². The van der Waals surface area contributed by atoms with Crippen molar-refractivity contribution in [2.75, 3.05) is 26.4 Å². The van der Waals surface area contributed by atoms with Gasteiger partial charge in [0.2, 0.25) is 5.91 Å². The second kappa shape index (κ2) is 7.64. The van der Waals surface area contributed by atoms with Gasteiger partial charge in [0.25, 0.3) is 0 Å². The SMILES string of the molecule is CCNC(=O)[C@@]12CCCC3([C@H](OCCO)OC1)[C@H]2CC[C@H]1[C@@H](C)c2ccoc2C[C@@H]13. The van der Waals surface area contributed by atoms with E-state index in [9.17, 15) is 9.90 Å². The second-order valence-electron chi connectivity index (χ2n) is 9.91. The third-order valence-electron chi connectivity index (χ3n) is 8.94. The standard InChI is InChI=1S/C24H35NO5/c1-3-25-21(27)23-8-4-9-24(22(30-14-23)29-12-10-26)18-13-19-17(7-11-28-19)15(2)16(18)5-6-20(23)24/h7,11,15-16,18,20,22,26H,3-6,8-10,12-14H2,1-2H3,(H,25,27)/t15-,16+,18+,20+,22-,23+,24?/m1/s1. The van der Waals surface area contributed by atoms with Crippen molar-refractivity contribution in [1.82, 2.24) is 5.32 Å². The predicted molar refractivity (Wildman–Crippen MR) is 111 cm³/mol. The summed E-state index contributed by atoms with van der Waals surface area (Å²) in [6.07, 6.45) is 7.43. The third kappa shape index (κ3) is 2.69. The molecule has 1 unspecified atom stereocenters. The zero-order valence-electron chi connectivity index (χ0n) is 18.2. The summed E-state index contributed by atoms with van der Waals surface area (Å²) in [7, 11) is 0. The van der Waals surface area contributed by atoms with Crippen LogP contribution in [-0.2, 0) is 20.7 Å². The Labute approximate surface area is 178 Å². The number of aliphatic hydroxyl groups is 1. The van der Waals surface area contributed by atoms with Crippen LogP contribution in [0.4, 0.5) is 0 Å². The molecular weight excluding hydrogens is 382 g/mol. The minimum absolute atomic E-state index is 0.0189. The molecule has 1 saturated heterocycles. The zero-order valence-corrected chi connectivity index (χ0v) is 18.2. The Morgan fingerprint density at radius 1 is 1.37 bits per heavy atom. The van der Waals surface area contributed by atoms with Crippen molar-refractivity contribution >= 4 is 5.91 Å². The maximum absolute atomic E-state index is 13.4. The molecule has 6 nitrogen and oxygen atoms in total. The van der Waals surface area contributed by atoms with E-state index in [0.717, 1.165) is 44.3 Å². The van der Waals surface area contributed by atoms with E-state index in [-0.39, 0.29) is 36.7 Å². The lowest BCUT2D eigenvalue weighted by atomic mass is 9.41. The molecule has 1 aromatic rings. The Morgan fingerprint density at radius 3 is 3.03 bits per heavy atom. The average molecular weight is 418 g/mol. The molecule has 3 aliphatic carbocycles. The number of aliphatic hydroxyl groups excluding tert-OH is 1. The molecule has 5 rings (SSSR count). The van der Waals surface area contributed by atoms with Crippen molar-refractivity contribution in [1.29, 1.82) is 0 Å². The minimum Gasteiger partial charge on any atom is -0.469 e. The molecule has 0 radical (unpaired) electrons. The summed E-state index contributed by atoms with van der Waals surface area (Å²) in [5, 5.41) is 12.6. The van der Waals surface area contributed by atoms with Crippen LogP contribution in [0.25, 0.3) is 0 Å². The highest BCUT2D eigenvalue weighted by molar-refractivity contribution is 5.83. The highest BCUT2D eigenvalue weighted by Gasteiger charge is 2.69. The summed E-state index contributed by atoms with van der Waals surface area (Å²) in [5.41, 5.74) is 0.671. The van der Waals surface area contributed by atoms with Crippen molar-refractivity contribution in [3.63, 3.8) is 0 Å². The third-order valence-corrected chi connectivity index (χ3v) is 8.94. The molecule has 30 heavy (non-hydrogen) atoms. The first kappa shape index (κ1) is 20.5. The zero-order chi connectivity index (χ0) is 20.9. The first-order valence-corrected chi connectivity index (χ1v) is 11.8. The molecule has 166 valence electrons. The fourth-order valence-corrected chi connectivity index (χ4v) is 7.86. The number of carbonyl (C=O) groups is 1. The number of furan rings is 1. The Balaban J connectivity index is 1.60. The smallest absolute Gasteiger partial charge is 0.228 e. The van der Waals surface area contributed by atoms with Crippen LogP contribution in [0.3, 0.4) is 0 Å². The quantitative estimate of drug-likeness (QED) is 0.769. The number of ether oxygens (including phenoxy) is 2. The van der Waals surface area contributed by atoms with Gasteiger partial charge in [0.15, 0.2) is 6.29 Å². The Kier molecular flexibility index (Phi) is 5.23. The molecule has 1 aliphatic heterocycles. The number of hydrogen-bond acceptors (Lipinski definition) is 5. The van der Waals surface area contributed by atoms with Crippen LogP contribution in [-0.4, -0.2) is 43.7 Å². The van der Waals surface area contributed by atoms with E-state index in [0.29, 0.717) is 30.9 Å². The summed E-state index contributed by atoms with van der Waals surface area (Å²) in [5.74, 6) is 2.84. The van der Waals surface area contributed by atoms with Gasteiger partial charge in [-0.05, 0) is 67.9 Å². The number of fused-ring (bicyclic) bond motifs is 2. The monoisotopic (exact) mass is 417 g/mol. The molecule has 7 atom stereocenters. The molecular formula is C24H35NO5. The first-order chi connectivity index (χ1) is 14.6. The largest absolute Gasteiger partial charge is 0.469 e. The molecule has 1 aromatic heterocycles. The van der Waals surface area contributed by atoms with Crippen molar-refractivity contribution in [3.05, 3.63) is 23.7 Å². The van der Waals surface area contributed by atoms with Gasteiger partial charge in [-0.15, -0.1) is 0 Å². The Hall–Kier alpha value is -1.37. The number of rotatable bonds is 5. The Bertz CT molecular complexity index is 792. The van der Waals surface area contributed by atoms with Crippen LogP contribution in [0.1, 0.15) is 63.2 Å². The van der Waals surface area contributed by atoms with Crippen LogP contribution in [0.5, 0.6) is 0 Å². The highest BCUT2D eigenvalue weighted by atomic mass is 16.7. The number of nitrogens with one attached hydrogen (secondary N) is 1. The predicted octanol–water partition coefficient (Wildman–Crippen LogP) is 3.24. The lowest BCUT2D eigenvalue weighted by Crippen LogP contribution is -2.69. The van der Waals surface area contributed by atoms with Crippen molar-refractivity contribution in [2.45, 2.75) is 64.6 Å². The van der Waals surface area contributed by atoms with Gasteiger partial charge in [-0.2, -0.15) is 0 Å². The van der Waals surface area contributed by atoms with Crippen LogP contribution < -0.4 is 5.32 Å². The van der Waals surface area contributed by atoms with E-state index in [4.69, 9.17) is 13.9 Å². The van der Waals surface area contributed by atoms with E-state index < -0.39 is 5.41 Å². The molecule has 1 amide bonds. The lowest BCUT2D eigenvalue weighted by molar-refractivity contribution is -0.330. The molecule has 2 heterocycles. The van der Waals surface area contributed by atoms with Gasteiger partial charge in [0.05, 0.1) is 31.5 Å². The first-order valence-electron chi connectivity index (χ1n) is 11.8. The molecule has 4 aliphatic rings. The molecule has 0 spiro atoms. The van der Waals surface area contributed by atoms with Gasteiger partial charge in [-0.3, -0.25) is 4.79 Å². The van der Waals surface area contributed by atoms with Gasteiger partial charge < -0.3 is 24.3 Å². The van der Waals surface area contributed by atoms with Crippen LogP contribution in [0.15, 0.2) is 16.7 Å². The Morgan fingerprint density at radius 2 is 2.23 bits per heavy atom. The van der Waals surface area contributed by atoms with Gasteiger partial charge in [-0.25, -0.2) is 0 Å².